The van der Waals surface area contributed by atoms with Crippen LogP contribution >= 0.6 is 11.3 Å². The van der Waals surface area contributed by atoms with Crippen LogP contribution in [0.3, 0.4) is 0 Å². The van der Waals surface area contributed by atoms with Crippen LogP contribution in [0.4, 0.5) is 0 Å². The first-order chi connectivity index (χ1) is 9.70. The maximum absolute atomic E-state index is 4.53. The monoisotopic (exact) mass is 284 g/mol. The molecule has 0 saturated carbocycles. The quantitative estimate of drug-likeness (QED) is 0.739. The molecule has 1 aromatic carbocycles. The molecule has 0 atom stereocenters. The van der Waals surface area contributed by atoms with Crippen LogP contribution < -0.4 is 0 Å². The minimum Gasteiger partial charge on any atom is -0.246 e. The van der Waals surface area contributed by atoms with Gasteiger partial charge < -0.3 is 0 Å². The highest BCUT2D eigenvalue weighted by Crippen LogP contribution is 2.13. The van der Waals surface area contributed by atoms with Crippen molar-refractivity contribution < 1.29 is 0 Å². The number of hydrogen-bond donors (Lipinski definition) is 0. The molecular formula is C15H16N4S. The van der Waals surface area contributed by atoms with Gasteiger partial charge in [-0.15, -0.1) is 11.3 Å². The Morgan fingerprint density at radius 2 is 1.90 bits per heavy atom. The predicted molar refractivity (Wildman–Crippen MR) is 80.0 cm³/mol. The van der Waals surface area contributed by atoms with Gasteiger partial charge in [0.15, 0.2) is 0 Å². The van der Waals surface area contributed by atoms with Crippen LogP contribution in [0.25, 0.3) is 0 Å². The number of aryl methyl sites for hydroxylation is 2. The highest BCUT2D eigenvalue weighted by molar-refractivity contribution is 7.09. The van der Waals surface area contributed by atoms with E-state index < -0.39 is 0 Å². The standard InChI is InChI=1S/C15H16N4S/c1-11-16-15(8-14-10-20-12(2)17-14)19(18-11)9-13-6-4-3-5-7-13/h3-7,10H,8-9H2,1-2H3. The van der Waals surface area contributed by atoms with Crippen LogP contribution in [-0.4, -0.2) is 19.7 Å². The first-order valence-corrected chi connectivity index (χ1v) is 7.44. The minimum absolute atomic E-state index is 0.734. The van der Waals surface area contributed by atoms with Gasteiger partial charge in [0.2, 0.25) is 0 Å². The molecule has 3 rings (SSSR count). The van der Waals surface area contributed by atoms with Gasteiger partial charge in [0.25, 0.3) is 0 Å². The van der Waals surface area contributed by atoms with Crippen LogP contribution in [0.5, 0.6) is 0 Å². The van der Waals surface area contributed by atoms with E-state index in [0.29, 0.717) is 0 Å². The lowest BCUT2D eigenvalue weighted by atomic mass is 10.2. The smallest absolute Gasteiger partial charge is 0.147 e. The van der Waals surface area contributed by atoms with Gasteiger partial charge in [0.1, 0.15) is 11.6 Å². The Balaban J connectivity index is 1.84. The maximum atomic E-state index is 4.53. The summed E-state index contributed by atoms with van der Waals surface area (Å²) in [4.78, 5) is 9.03. The van der Waals surface area contributed by atoms with Crippen LogP contribution in [-0.2, 0) is 13.0 Å². The molecule has 0 aliphatic carbocycles. The van der Waals surface area contributed by atoms with E-state index in [-0.39, 0.29) is 0 Å². The highest BCUT2D eigenvalue weighted by atomic mass is 32.1. The Bertz CT molecular complexity index is 700. The molecule has 20 heavy (non-hydrogen) atoms. The summed E-state index contributed by atoms with van der Waals surface area (Å²) in [7, 11) is 0. The van der Waals surface area contributed by atoms with Gasteiger partial charge in [0, 0.05) is 5.38 Å². The topological polar surface area (TPSA) is 43.6 Å². The fourth-order valence-corrected chi connectivity index (χ4v) is 2.78. The van der Waals surface area contributed by atoms with Gasteiger partial charge in [-0.25, -0.2) is 14.6 Å². The number of hydrogen-bond acceptors (Lipinski definition) is 4. The van der Waals surface area contributed by atoms with Crippen molar-refractivity contribution in [1.29, 1.82) is 0 Å². The largest absolute Gasteiger partial charge is 0.246 e. The van der Waals surface area contributed by atoms with Crippen molar-refractivity contribution in [3.8, 4) is 0 Å². The fourth-order valence-electron chi connectivity index (χ4n) is 2.16. The lowest BCUT2D eigenvalue weighted by molar-refractivity contribution is 0.642. The molecule has 102 valence electrons. The molecule has 0 bridgehead atoms. The van der Waals surface area contributed by atoms with Crippen molar-refractivity contribution in [2.45, 2.75) is 26.8 Å². The van der Waals surface area contributed by atoms with Gasteiger partial charge in [-0.1, -0.05) is 30.3 Å². The number of benzene rings is 1. The number of rotatable bonds is 4. The molecule has 0 aliphatic rings. The average molecular weight is 284 g/mol. The molecule has 0 aliphatic heterocycles. The van der Waals surface area contributed by atoms with Gasteiger partial charge in [-0.3, -0.25) is 0 Å². The molecule has 3 aromatic rings. The minimum atomic E-state index is 0.734. The Morgan fingerprint density at radius 1 is 1.10 bits per heavy atom. The number of thiazole rings is 1. The zero-order valence-corrected chi connectivity index (χ0v) is 12.4. The second kappa shape index (κ2) is 5.54. The van der Waals surface area contributed by atoms with E-state index in [9.17, 15) is 0 Å². The zero-order valence-electron chi connectivity index (χ0n) is 11.6. The van der Waals surface area contributed by atoms with Crippen LogP contribution in [0, 0.1) is 13.8 Å². The lowest BCUT2D eigenvalue weighted by Crippen LogP contribution is -2.07. The van der Waals surface area contributed by atoms with Crippen LogP contribution in [0.1, 0.15) is 27.9 Å². The molecule has 0 saturated heterocycles. The van der Waals surface area contributed by atoms with Gasteiger partial charge in [0.05, 0.1) is 23.7 Å². The normalized spacial score (nSPS) is 10.9. The van der Waals surface area contributed by atoms with E-state index in [1.807, 2.05) is 36.7 Å². The van der Waals surface area contributed by atoms with E-state index in [1.54, 1.807) is 11.3 Å². The molecule has 0 fully saturated rings. The third-order valence-electron chi connectivity index (χ3n) is 3.04. The average Bonchev–Trinajstić information content (AvgIpc) is 2.98. The molecule has 2 aromatic heterocycles. The highest BCUT2D eigenvalue weighted by Gasteiger charge is 2.10. The molecule has 4 nitrogen and oxygen atoms in total. The first-order valence-electron chi connectivity index (χ1n) is 6.56. The number of aromatic nitrogens is 4. The van der Waals surface area contributed by atoms with E-state index in [2.05, 4.69) is 32.6 Å². The summed E-state index contributed by atoms with van der Waals surface area (Å²) in [5, 5.41) is 7.67. The van der Waals surface area contributed by atoms with Gasteiger partial charge >= 0.3 is 0 Å². The van der Waals surface area contributed by atoms with Crippen molar-refractivity contribution in [3.63, 3.8) is 0 Å². The summed E-state index contributed by atoms with van der Waals surface area (Å²) in [6, 6.07) is 10.3. The predicted octanol–water partition coefficient (Wildman–Crippen LogP) is 2.99. The Morgan fingerprint density at radius 3 is 2.60 bits per heavy atom. The molecule has 0 radical (unpaired) electrons. The first kappa shape index (κ1) is 13.0. The summed E-state index contributed by atoms with van der Waals surface area (Å²) in [6.07, 6.45) is 0.734. The molecule has 5 heteroatoms. The van der Waals surface area contributed by atoms with Crippen molar-refractivity contribution in [3.05, 3.63) is 63.6 Å². The summed E-state index contributed by atoms with van der Waals surface area (Å²) in [5.74, 6) is 1.78. The van der Waals surface area contributed by atoms with Crippen molar-refractivity contribution in [2.75, 3.05) is 0 Å². The van der Waals surface area contributed by atoms with Crippen LogP contribution in [0.15, 0.2) is 35.7 Å². The second-order valence-corrected chi connectivity index (χ2v) is 5.82. The maximum Gasteiger partial charge on any atom is 0.147 e. The Kier molecular flexibility index (Phi) is 3.60. The van der Waals surface area contributed by atoms with Crippen molar-refractivity contribution in [2.24, 2.45) is 0 Å². The fraction of sp³-hybridized carbons (Fsp3) is 0.267. The van der Waals surface area contributed by atoms with Crippen molar-refractivity contribution in [1.82, 2.24) is 19.7 Å². The molecular weight excluding hydrogens is 268 g/mol. The summed E-state index contributed by atoms with van der Waals surface area (Å²) >= 11 is 1.67. The molecule has 0 unspecified atom stereocenters. The zero-order chi connectivity index (χ0) is 13.9. The van der Waals surface area contributed by atoms with Gasteiger partial charge in [-0.05, 0) is 19.4 Å². The second-order valence-electron chi connectivity index (χ2n) is 4.75. The summed E-state index contributed by atoms with van der Waals surface area (Å²) < 4.78 is 1.97. The van der Waals surface area contributed by atoms with Crippen molar-refractivity contribution >= 4 is 11.3 Å². The Hall–Kier alpha value is -2.01. The molecule has 0 amide bonds. The van der Waals surface area contributed by atoms with E-state index in [0.717, 1.165) is 35.3 Å². The third-order valence-corrected chi connectivity index (χ3v) is 3.86. The van der Waals surface area contributed by atoms with E-state index in [1.165, 1.54) is 5.56 Å². The SMILES string of the molecule is Cc1nc(Cc2csc(C)n2)n(Cc2ccccc2)n1. The third kappa shape index (κ3) is 2.93. The Labute approximate surface area is 122 Å². The number of nitrogens with zero attached hydrogens (tertiary/aromatic N) is 4. The molecule has 0 spiro atoms. The molecule has 0 N–H and O–H groups in total. The van der Waals surface area contributed by atoms with E-state index >= 15 is 0 Å². The van der Waals surface area contributed by atoms with Gasteiger partial charge in [-0.2, -0.15) is 5.10 Å². The molecule has 2 heterocycles. The van der Waals surface area contributed by atoms with Crippen LogP contribution in [0.2, 0.25) is 0 Å². The summed E-state index contributed by atoms with van der Waals surface area (Å²) in [5.41, 5.74) is 2.29. The lowest BCUT2D eigenvalue weighted by Gasteiger charge is -2.05. The van der Waals surface area contributed by atoms with E-state index in [4.69, 9.17) is 0 Å². The summed E-state index contributed by atoms with van der Waals surface area (Å²) in [6.45, 7) is 4.70.